The molecule has 1 aliphatic heterocycles. The summed E-state index contributed by atoms with van der Waals surface area (Å²) in [6.45, 7) is 6.26. The number of methoxy groups -OCH3 is 2. The van der Waals surface area contributed by atoms with Gasteiger partial charge in [0, 0.05) is 37.7 Å². The Morgan fingerprint density at radius 3 is 2.59 bits per heavy atom. The van der Waals surface area contributed by atoms with Gasteiger partial charge in [0.2, 0.25) is 5.91 Å². The maximum atomic E-state index is 12.4. The third kappa shape index (κ3) is 7.16. The molecule has 2 aromatic rings. The zero-order chi connectivity index (χ0) is 22.8. The summed E-state index contributed by atoms with van der Waals surface area (Å²) in [7, 11) is 3.25. The number of benzene rings is 2. The molecular formula is C26H36N2O4. The third-order valence-corrected chi connectivity index (χ3v) is 5.99. The first-order chi connectivity index (χ1) is 15.6. The van der Waals surface area contributed by atoms with Crippen LogP contribution < -0.4 is 19.5 Å². The number of hydrogen-bond donors (Lipinski definition) is 1. The van der Waals surface area contributed by atoms with Crippen molar-refractivity contribution in [3.63, 3.8) is 0 Å². The predicted molar refractivity (Wildman–Crippen MR) is 126 cm³/mol. The van der Waals surface area contributed by atoms with E-state index in [0.717, 1.165) is 48.9 Å². The molecule has 32 heavy (non-hydrogen) atoms. The molecule has 1 saturated heterocycles. The number of carbonyl (C=O) groups is 1. The summed E-state index contributed by atoms with van der Waals surface area (Å²) in [5.74, 6) is 3.04. The third-order valence-electron chi connectivity index (χ3n) is 5.99. The van der Waals surface area contributed by atoms with E-state index >= 15 is 0 Å². The fraction of sp³-hybridized carbons (Fsp3) is 0.500. The molecule has 0 aromatic heterocycles. The average Bonchev–Trinajstić information content (AvgIpc) is 2.83. The Labute approximate surface area is 191 Å². The van der Waals surface area contributed by atoms with Gasteiger partial charge in [-0.25, -0.2) is 0 Å². The van der Waals surface area contributed by atoms with Crippen LogP contribution in [-0.2, 0) is 17.9 Å². The molecule has 0 unspecified atom stereocenters. The highest BCUT2D eigenvalue weighted by Crippen LogP contribution is 2.25. The lowest BCUT2D eigenvalue weighted by Crippen LogP contribution is -2.35. The van der Waals surface area contributed by atoms with Gasteiger partial charge in [0.1, 0.15) is 17.2 Å². The lowest BCUT2D eigenvalue weighted by molar-refractivity contribution is -0.121. The Kier molecular flexibility index (Phi) is 9.23. The standard InChI is InChI=1S/C26H36N2O4/c1-4-32-23-11-7-21(8-12-23)19-28-15-5-6-20(18-28)9-14-26(29)27-17-22-10-13-24(30-2)16-25(22)31-3/h7-8,10-13,16,20H,4-6,9,14-15,17-19H2,1-3H3,(H,27,29)/t20-/m1/s1. The first-order valence-corrected chi connectivity index (χ1v) is 11.5. The van der Waals surface area contributed by atoms with Gasteiger partial charge >= 0.3 is 0 Å². The quantitative estimate of drug-likeness (QED) is 0.561. The summed E-state index contributed by atoms with van der Waals surface area (Å²) in [4.78, 5) is 14.9. The molecule has 0 aliphatic carbocycles. The topological polar surface area (TPSA) is 60.0 Å². The van der Waals surface area contributed by atoms with Gasteiger partial charge in [0.15, 0.2) is 0 Å². The molecule has 6 nitrogen and oxygen atoms in total. The van der Waals surface area contributed by atoms with Crippen molar-refractivity contribution in [1.29, 1.82) is 0 Å². The number of hydrogen-bond acceptors (Lipinski definition) is 5. The van der Waals surface area contributed by atoms with Gasteiger partial charge in [0.25, 0.3) is 0 Å². The monoisotopic (exact) mass is 440 g/mol. The number of amides is 1. The van der Waals surface area contributed by atoms with Crippen LogP contribution in [0, 0.1) is 5.92 Å². The van der Waals surface area contributed by atoms with E-state index < -0.39 is 0 Å². The number of carbonyl (C=O) groups excluding carboxylic acids is 1. The van der Waals surface area contributed by atoms with E-state index in [1.165, 1.54) is 18.4 Å². The second-order valence-electron chi connectivity index (χ2n) is 8.31. The van der Waals surface area contributed by atoms with Crippen LogP contribution in [0.15, 0.2) is 42.5 Å². The van der Waals surface area contributed by atoms with Gasteiger partial charge < -0.3 is 19.5 Å². The highest BCUT2D eigenvalue weighted by Gasteiger charge is 2.21. The van der Waals surface area contributed by atoms with Crippen molar-refractivity contribution in [1.82, 2.24) is 10.2 Å². The maximum Gasteiger partial charge on any atom is 0.220 e. The number of nitrogens with one attached hydrogen (secondary N) is 1. The summed E-state index contributed by atoms with van der Waals surface area (Å²) in [6, 6.07) is 14.0. The molecule has 1 fully saturated rings. The Morgan fingerprint density at radius 2 is 1.88 bits per heavy atom. The van der Waals surface area contributed by atoms with Crippen molar-refractivity contribution in [2.75, 3.05) is 33.9 Å². The second kappa shape index (κ2) is 12.3. The van der Waals surface area contributed by atoms with Crippen molar-refractivity contribution in [3.8, 4) is 17.2 Å². The minimum atomic E-state index is 0.0894. The van der Waals surface area contributed by atoms with E-state index in [9.17, 15) is 4.79 Å². The normalized spacial score (nSPS) is 16.4. The van der Waals surface area contributed by atoms with E-state index in [2.05, 4.69) is 22.3 Å². The Hall–Kier alpha value is -2.73. The summed E-state index contributed by atoms with van der Waals surface area (Å²) in [6.07, 6.45) is 3.86. The summed E-state index contributed by atoms with van der Waals surface area (Å²) in [5, 5.41) is 3.03. The van der Waals surface area contributed by atoms with Crippen LogP contribution in [0.1, 0.15) is 43.7 Å². The van der Waals surface area contributed by atoms with Crippen molar-refractivity contribution in [2.45, 2.75) is 45.7 Å². The van der Waals surface area contributed by atoms with Gasteiger partial charge in [-0.15, -0.1) is 0 Å². The molecule has 0 radical (unpaired) electrons. The van der Waals surface area contributed by atoms with E-state index in [0.29, 0.717) is 25.5 Å². The largest absolute Gasteiger partial charge is 0.497 e. The average molecular weight is 441 g/mol. The van der Waals surface area contributed by atoms with Gasteiger partial charge in [0.05, 0.1) is 20.8 Å². The Bertz CT molecular complexity index is 853. The van der Waals surface area contributed by atoms with Gasteiger partial charge in [-0.3, -0.25) is 9.69 Å². The molecule has 6 heteroatoms. The second-order valence-corrected chi connectivity index (χ2v) is 8.31. The number of likely N-dealkylation sites (tertiary alicyclic amines) is 1. The van der Waals surface area contributed by atoms with Crippen molar-refractivity contribution < 1.29 is 19.0 Å². The summed E-state index contributed by atoms with van der Waals surface area (Å²) >= 11 is 0. The SMILES string of the molecule is CCOc1ccc(CN2CCC[C@H](CCC(=O)NCc3ccc(OC)cc3OC)C2)cc1. The summed E-state index contributed by atoms with van der Waals surface area (Å²) in [5.41, 5.74) is 2.25. The highest BCUT2D eigenvalue weighted by atomic mass is 16.5. The van der Waals surface area contributed by atoms with Crippen molar-refractivity contribution in [2.24, 2.45) is 5.92 Å². The zero-order valence-corrected chi connectivity index (χ0v) is 19.6. The number of nitrogens with zero attached hydrogens (tertiary/aromatic N) is 1. The summed E-state index contributed by atoms with van der Waals surface area (Å²) < 4.78 is 16.2. The molecule has 1 amide bonds. The maximum absolute atomic E-state index is 12.4. The molecule has 1 aliphatic rings. The number of rotatable bonds is 11. The highest BCUT2D eigenvalue weighted by molar-refractivity contribution is 5.75. The van der Waals surface area contributed by atoms with Crippen LogP contribution in [0.25, 0.3) is 0 Å². The Morgan fingerprint density at radius 1 is 1.09 bits per heavy atom. The molecule has 1 N–H and O–H groups in total. The first kappa shape index (κ1) is 23.9. The van der Waals surface area contributed by atoms with Gasteiger partial charge in [-0.1, -0.05) is 12.1 Å². The molecule has 2 aromatic carbocycles. The molecule has 1 heterocycles. The lowest BCUT2D eigenvalue weighted by atomic mass is 9.93. The van der Waals surface area contributed by atoms with Crippen LogP contribution in [0.4, 0.5) is 0 Å². The lowest BCUT2D eigenvalue weighted by Gasteiger charge is -2.32. The van der Waals surface area contributed by atoms with Gasteiger partial charge in [-0.05, 0) is 68.5 Å². The number of ether oxygens (including phenoxy) is 3. The molecule has 174 valence electrons. The molecule has 0 saturated carbocycles. The molecular weight excluding hydrogens is 404 g/mol. The van der Waals surface area contributed by atoms with Crippen LogP contribution in [0.3, 0.4) is 0 Å². The van der Waals surface area contributed by atoms with Crippen LogP contribution in [-0.4, -0.2) is 44.7 Å². The first-order valence-electron chi connectivity index (χ1n) is 11.5. The van der Waals surface area contributed by atoms with E-state index in [1.54, 1.807) is 14.2 Å². The number of piperidine rings is 1. The fourth-order valence-corrected chi connectivity index (χ4v) is 4.26. The molecule has 0 spiro atoms. The van der Waals surface area contributed by atoms with E-state index in [1.807, 2.05) is 37.3 Å². The fourth-order valence-electron chi connectivity index (χ4n) is 4.26. The van der Waals surface area contributed by atoms with Gasteiger partial charge in [-0.2, -0.15) is 0 Å². The smallest absolute Gasteiger partial charge is 0.220 e. The van der Waals surface area contributed by atoms with Crippen molar-refractivity contribution >= 4 is 5.91 Å². The molecule has 1 atom stereocenters. The predicted octanol–water partition coefficient (Wildman–Crippen LogP) is 4.41. The minimum Gasteiger partial charge on any atom is -0.497 e. The van der Waals surface area contributed by atoms with Crippen molar-refractivity contribution in [3.05, 3.63) is 53.6 Å². The zero-order valence-electron chi connectivity index (χ0n) is 19.6. The van der Waals surface area contributed by atoms with Crippen LogP contribution in [0.5, 0.6) is 17.2 Å². The molecule has 0 bridgehead atoms. The Balaban J connectivity index is 1.41. The minimum absolute atomic E-state index is 0.0894. The molecule has 3 rings (SSSR count). The van der Waals surface area contributed by atoms with E-state index in [-0.39, 0.29) is 5.91 Å². The van der Waals surface area contributed by atoms with Crippen LogP contribution in [0.2, 0.25) is 0 Å². The van der Waals surface area contributed by atoms with Crippen LogP contribution >= 0.6 is 0 Å². The van der Waals surface area contributed by atoms with E-state index in [4.69, 9.17) is 14.2 Å².